The number of nitrogens with one attached hydrogen (secondary N) is 1. The fourth-order valence-corrected chi connectivity index (χ4v) is 2.64. The van der Waals surface area contributed by atoms with Gasteiger partial charge in [-0.15, -0.1) is 5.10 Å². The lowest BCUT2D eigenvalue weighted by Crippen LogP contribution is -2.33. The van der Waals surface area contributed by atoms with Gasteiger partial charge in [0.2, 0.25) is 5.88 Å². The lowest BCUT2D eigenvalue weighted by molar-refractivity contribution is -0.123. The molecule has 0 aliphatic rings. The van der Waals surface area contributed by atoms with Crippen molar-refractivity contribution >= 4 is 11.6 Å². The molecule has 0 saturated carbocycles. The van der Waals surface area contributed by atoms with Crippen molar-refractivity contribution in [1.29, 1.82) is 0 Å². The van der Waals surface area contributed by atoms with Crippen LogP contribution in [-0.4, -0.2) is 21.8 Å². The second kappa shape index (κ2) is 8.47. The van der Waals surface area contributed by atoms with E-state index in [1.165, 1.54) is 36.4 Å². The van der Waals surface area contributed by atoms with Crippen molar-refractivity contribution in [3.05, 3.63) is 82.4 Å². The highest BCUT2D eigenvalue weighted by Crippen LogP contribution is 2.14. The second-order valence-corrected chi connectivity index (χ2v) is 6.27. The molecule has 1 N–H and O–H groups in total. The van der Waals surface area contributed by atoms with Crippen molar-refractivity contribution in [1.82, 2.24) is 9.78 Å². The number of carbonyl (C=O) groups is 1. The first-order chi connectivity index (χ1) is 13.5. The van der Waals surface area contributed by atoms with Gasteiger partial charge in [-0.2, -0.15) is 4.68 Å². The van der Waals surface area contributed by atoms with E-state index in [2.05, 4.69) is 10.4 Å². The normalized spacial score (nSPS) is 11.7. The summed E-state index contributed by atoms with van der Waals surface area (Å²) in [4.78, 5) is 24.6. The number of hydrogen-bond acceptors (Lipinski definition) is 4. The van der Waals surface area contributed by atoms with E-state index in [-0.39, 0.29) is 11.8 Å². The highest BCUT2D eigenvalue weighted by molar-refractivity contribution is 5.94. The van der Waals surface area contributed by atoms with Crippen LogP contribution in [0.5, 0.6) is 5.88 Å². The van der Waals surface area contributed by atoms with Gasteiger partial charge in [-0.1, -0.05) is 19.1 Å². The molecule has 0 saturated heterocycles. The number of hydrogen-bond donors (Lipinski definition) is 1. The van der Waals surface area contributed by atoms with E-state index in [1.807, 2.05) is 32.0 Å². The Morgan fingerprint density at radius 2 is 1.93 bits per heavy atom. The lowest BCUT2D eigenvalue weighted by Gasteiger charge is -2.17. The number of benzene rings is 2. The Labute approximate surface area is 161 Å². The van der Waals surface area contributed by atoms with Crippen LogP contribution in [0.15, 0.2) is 65.5 Å². The van der Waals surface area contributed by atoms with Crippen molar-refractivity contribution in [3.8, 4) is 11.6 Å². The molecule has 2 aromatic carbocycles. The van der Waals surface area contributed by atoms with E-state index in [1.54, 1.807) is 6.07 Å². The van der Waals surface area contributed by atoms with E-state index in [0.29, 0.717) is 17.8 Å². The van der Waals surface area contributed by atoms with Gasteiger partial charge in [0.05, 0.1) is 5.69 Å². The minimum atomic E-state index is -0.785. The topological polar surface area (TPSA) is 73.2 Å². The summed E-state index contributed by atoms with van der Waals surface area (Å²) in [5.74, 6) is -0.604. The van der Waals surface area contributed by atoms with Gasteiger partial charge in [0.25, 0.3) is 11.5 Å². The second-order valence-electron chi connectivity index (χ2n) is 6.27. The Hall–Kier alpha value is -3.48. The molecular formula is C21H20FN3O3. The molecule has 28 heavy (non-hydrogen) atoms. The molecule has 3 rings (SSSR count). The van der Waals surface area contributed by atoms with Crippen LogP contribution < -0.4 is 15.6 Å². The number of anilines is 1. The van der Waals surface area contributed by atoms with Gasteiger partial charge < -0.3 is 10.1 Å². The van der Waals surface area contributed by atoms with Crippen LogP contribution in [0.4, 0.5) is 10.1 Å². The van der Waals surface area contributed by atoms with Crippen LogP contribution in [0.3, 0.4) is 0 Å². The summed E-state index contributed by atoms with van der Waals surface area (Å²) in [5.41, 5.74) is 1.71. The van der Waals surface area contributed by atoms with E-state index >= 15 is 0 Å². The molecular weight excluding hydrogens is 361 g/mol. The first kappa shape index (κ1) is 19.3. The zero-order valence-electron chi connectivity index (χ0n) is 15.6. The Bertz CT molecular complexity index is 1030. The SMILES string of the molecule is CC[C@H](Oc1ccc(=O)n(-c2ccc(F)cc2)n1)C(=O)Nc1cccc(C)c1. The molecule has 0 radical (unpaired) electrons. The van der Waals surface area contributed by atoms with Gasteiger partial charge in [-0.3, -0.25) is 9.59 Å². The van der Waals surface area contributed by atoms with Crippen molar-refractivity contribution in [2.24, 2.45) is 0 Å². The minimum Gasteiger partial charge on any atom is -0.463 e. The monoisotopic (exact) mass is 381 g/mol. The maximum atomic E-state index is 13.1. The van der Waals surface area contributed by atoms with Crippen LogP contribution >= 0.6 is 0 Å². The van der Waals surface area contributed by atoms with Crippen LogP contribution in [0.2, 0.25) is 0 Å². The lowest BCUT2D eigenvalue weighted by atomic mass is 10.2. The maximum absolute atomic E-state index is 13.1. The third-order valence-electron chi connectivity index (χ3n) is 4.06. The standard InChI is InChI=1S/C21H20FN3O3/c1-3-18(21(27)23-16-6-4-5-14(2)13-16)28-19-11-12-20(26)25(24-19)17-9-7-15(22)8-10-17/h4-13,18H,3H2,1-2H3,(H,23,27)/t18-/m0/s1. The molecule has 7 heteroatoms. The molecule has 1 atom stereocenters. The Morgan fingerprint density at radius 3 is 2.61 bits per heavy atom. The zero-order valence-corrected chi connectivity index (χ0v) is 15.6. The molecule has 6 nitrogen and oxygen atoms in total. The van der Waals surface area contributed by atoms with Crippen LogP contribution in [0.1, 0.15) is 18.9 Å². The molecule has 144 valence electrons. The van der Waals surface area contributed by atoms with Crippen molar-refractivity contribution in [2.45, 2.75) is 26.4 Å². The van der Waals surface area contributed by atoms with Gasteiger partial charge in [0.15, 0.2) is 6.10 Å². The summed E-state index contributed by atoms with van der Waals surface area (Å²) in [6.07, 6.45) is -0.373. The Balaban J connectivity index is 1.79. The van der Waals surface area contributed by atoms with Gasteiger partial charge in [-0.05, 0) is 55.3 Å². The summed E-state index contributed by atoms with van der Waals surface area (Å²) in [6.45, 7) is 3.75. The number of carbonyl (C=O) groups excluding carboxylic acids is 1. The van der Waals surface area contributed by atoms with Crippen molar-refractivity contribution < 1.29 is 13.9 Å². The highest BCUT2D eigenvalue weighted by atomic mass is 19.1. The van der Waals surface area contributed by atoms with Gasteiger partial charge in [0.1, 0.15) is 5.82 Å². The Morgan fingerprint density at radius 1 is 1.18 bits per heavy atom. The largest absolute Gasteiger partial charge is 0.463 e. The third-order valence-corrected chi connectivity index (χ3v) is 4.06. The predicted molar refractivity (Wildman–Crippen MR) is 104 cm³/mol. The van der Waals surface area contributed by atoms with Crippen LogP contribution in [-0.2, 0) is 4.79 Å². The molecule has 0 aliphatic heterocycles. The number of ether oxygens (including phenoxy) is 1. The van der Waals surface area contributed by atoms with E-state index in [9.17, 15) is 14.0 Å². The molecule has 1 aromatic heterocycles. The molecule has 0 fully saturated rings. The highest BCUT2D eigenvalue weighted by Gasteiger charge is 2.20. The number of aryl methyl sites for hydroxylation is 1. The fraction of sp³-hybridized carbons (Fsp3) is 0.190. The quantitative estimate of drug-likeness (QED) is 0.710. The predicted octanol–water partition coefficient (Wildman–Crippen LogP) is 3.48. The maximum Gasteiger partial charge on any atom is 0.271 e. The molecule has 0 aliphatic carbocycles. The number of aromatic nitrogens is 2. The van der Waals surface area contributed by atoms with Crippen molar-refractivity contribution in [2.75, 3.05) is 5.32 Å². The number of rotatable bonds is 6. The summed E-state index contributed by atoms with van der Waals surface area (Å²) in [6, 6.07) is 15.5. The average molecular weight is 381 g/mol. The van der Waals surface area contributed by atoms with E-state index < -0.39 is 17.5 Å². The summed E-state index contributed by atoms with van der Waals surface area (Å²) < 4.78 is 19.9. The number of amides is 1. The number of nitrogens with zero attached hydrogens (tertiary/aromatic N) is 2. The molecule has 0 spiro atoms. The molecule has 0 unspecified atom stereocenters. The van der Waals surface area contributed by atoms with Gasteiger partial charge in [-0.25, -0.2) is 4.39 Å². The van der Waals surface area contributed by atoms with Crippen molar-refractivity contribution in [3.63, 3.8) is 0 Å². The molecule has 1 amide bonds. The average Bonchev–Trinajstić information content (AvgIpc) is 2.68. The molecule has 3 aromatic rings. The smallest absolute Gasteiger partial charge is 0.271 e. The third kappa shape index (κ3) is 4.62. The van der Waals surface area contributed by atoms with Gasteiger partial charge >= 0.3 is 0 Å². The molecule has 0 bridgehead atoms. The van der Waals surface area contributed by atoms with E-state index in [0.717, 1.165) is 10.2 Å². The summed E-state index contributed by atoms with van der Waals surface area (Å²) >= 11 is 0. The summed E-state index contributed by atoms with van der Waals surface area (Å²) in [7, 11) is 0. The van der Waals surface area contributed by atoms with Gasteiger partial charge in [0, 0.05) is 17.8 Å². The summed E-state index contributed by atoms with van der Waals surface area (Å²) in [5, 5.41) is 6.96. The first-order valence-electron chi connectivity index (χ1n) is 8.87. The minimum absolute atomic E-state index is 0.121. The zero-order chi connectivity index (χ0) is 20.1. The fourth-order valence-electron chi connectivity index (χ4n) is 2.64. The Kier molecular flexibility index (Phi) is 5.84. The van der Waals surface area contributed by atoms with Crippen LogP contribution in [0.25, 0.3) is 5.69 Å². The van der Waals surface area contributed by atoms with E-state index in [4.69, 9.17) is 4.74 Å². The number of halogens is 1. The molecule has 1 heterocycles. The first-order valence-corrected chi connectivity index (χ1v) is 8.87. The van der Waals surface area contributed by atoms with Crippen LogP contribution in [0, 0.1) is 12.7 Å².